The molecule has 0 unspecified atom stereocenters. The molecule has 0 bridgehead atoms. The normalized spacial score (nSPS) is 18.3. The second-order valence-electron chi connectivity index (χ2n) is 6.74. The minimum absolute atomic E-state index is 0.112. The van der Waals surface area contributed by atoms with Crippen molar-refractivity contribution in [1.29, 1.82) is 0 Å². The van der Waals surface area contributed by atoms with E-state index < -0.39 is 11.9 Å². The Labute approximate surface area is 163 Å². The van der Waals surface area contributed by atoms with Gasteiger partial charge in [-0.2, -0.15) is 0 Å². The van der Waals surface area contributed by atoms with E-state index in [1.54, 1.807) is 12.1 Å². The zero-order valence-electron chi connectivity index (χ0n) is 15.1. The third-order valence-corrected chi connectivity index (χ3v) is 5.18. The van der Waals surface area contributed by atoms with Crippen molar-refractivity contribution in [2.75, 3.05) is 26.2 Å². The fourth-order valence-corrected chi connectivity index (χ4v) is 3.73. The lowest BCUT2D eigenvalue weighted by Gasteiger charge is -2.40. The molecule has 1 aromatic carbocycles. The standard InChI is InChI=1S/C17H23ClN2O.C2H2O4/c18-15-6-4-5-14(13-15)17(21)20-11-9-19(10-12-20)16-7-2-1-3-8-16;3-1(4)2(5)6/h4-6,13,16H,1-3,7-12H2;(H,3,4)(H,5,6). The largest absolute Gasteiger partial charge is 0.473 e. The Morgan fingerprint density at radius 1 is 0.926 bits per heavy atom. The van der Waals surface area contributed by atoms with E-state index in [9.17, 15) is 4.79 Å². The van der Waals surface area contributed by atoms with Crippen molar-refractivity contribution < 1.29 is 24.6 Å². The Kier molecular flexibility index (Phi) is 8.06. The van der Waals surface area contributed by atoms with E-state index in [-0.39, 0.29) is 5.91 Å². The van der Waals surface area contributed by atoms with Crippen LogP contribution in [0.15, 0.2) is 24.3 Å². The number of piperazine rings is 1. The van der Waals surface area contributed by atoms with Crippen LogP contribution in [0.1, 0.15) is 42.5 Å². The third kappa shape index (κ3) is 6.52. The molecule has 1 amide bonds. The number of carboxylic acids is 2. The van der Waals surface area contributed by atoms with E-state index >= 15 is 0 Å². The van der Waals surface area contributed by atoms with Gasteiger partial charge >= 0.3 is 11.9 Å². The van der Waals surface area contributed by atoms with E-state index in [4.69, 9.17) is 31.4 Å². The Morgan fingerprint density at radius 2 is 1.52 bits per heavy atom. The van der Waals surface area contributed by atoms with Crippen molar-refractivity contribution in [2.45, 2.75) is 38.1 Å². The van der Waals surface area contributed by atoms with Gasteiger partial charge in [-0.05, 0) is 31.0 Å². The quantitative estimate of drug-likeness (QED) is 0.745. The van der Waals surface area contributed by atoms with Crippen LogP contribution in [0.25, 0.3) is 0 Å². The van der Waals surface area contributed by atoms with Crippen LogP contribution in [0, 0.1) is 0 Å². The lowest BCUT2D eigenvalue weighted by molar-refractivity contribution is -0.159. The molecule has 0 spiro atoms. The summed E-state index contributed by atoms with van der Waals surface area (Å²) in [5, 5.41) is 15.4. The monoisotopic (exact) mass is 396 g/mol. The molecule has 1 aliphatic heterocycles. The van der Waals surface area contributed by atoms with E-state index in [1.165, 1.54) is 32.1 Å². The van der Waals surface area contributed by atoms with E-state index in [1.807, 2.05) is 17.0 Å². The molecule has 8 heteroatoms. The summed E-state index contributed by atoms with van der Waals surface area (Å²) in [5.74, 6) is -3.54. The lowest BCUT2D eigenvalue weighted by Crippen LogP contribution is -2.52. The van der Waals surface area contributed by atoms with Gasteiger partial charge in [0, 0.05) is 42.8 Å². The van der Waals surface area contributed by atoms with Crippen LogP contribution in [-0.2, 0) is 9.59 Å². The molecular formula is C19H25ClN2O5. The highest BCUT2D eigenvalue weighted by atomic mass is 35.5. The van der Waals surface area contributed by atoms with E-state index in [2.05, 4.69) is 4.90 Å². The number of amides is 1. The van der Waals surface area contributed by atoms with Gasteiger partial charge in [-0.15, -0.1) is 0 Å². The van der Waals surface area contributed by atoms with Crippen LogP contribution in [0.5, 0.6) is 0 Å². The van der Waals surface area contributed by atoms with Crippen molar-refractivity contribution in [3.8, 4) is 0 Å². The van der Waals surface area contributed by atoms with Crippen LogP contribution >= 0.6 is 11.6 Å². The average Bonchev–Trinajstić information content (AvgIpc) is 2.68. The highest BCUT2D eigenvalue weighted by molar-refractivity contribution is 6.31. The molecule has 148 valence electrons. The average molecular weight is 397 g/mol. The number of nitrogens with zero attached hydrogens (tertiary/aromatic N) is 2. The minimum atomic E-state index is -1.82. The van der Waals surface area contributed by atoms with Gasteiger partial charge in [0.2, 0.25) is 0 Å². The Hall–Kier alpha value is -2.12. The predicted octanol–water partition coefficient (Wildman–Crippen LogP) is 2.59. The van der Waals surface area contributed by atoms with E-state index in [0.29, 0.717) is 10.6 Å². The summed E-state index contributed by atoms with van der Waals surface area (Å²) in [6.07, 6.45) is 6.80. The number of carbonyl (C=O) groups is 3. The van der Waals surface area contributed by atoms with E-state index in [0.717, 1.165) is 32.2 Å². The molecule has 1 aromatic rings. The Balaban J connectivity index is 0.000000380. The second-order valence-corrected chi connectivity index (χ2v) is 7.18. The number of rotatable bonds is 2. The van der Waals surface area contributed by atoms with Crippen LogP contribution in [-0.4, -0.2) is 70.1 Å². The number of carboxylic acid groups (broad SMARTS) is 2. The predicted molar refractivity (Wildman–Crippen MR) is 101 cm³/mol. The number of carbonyl (C=O) groups excluding carboxylic acids is 1. The molecule has 0 atom stereocenters. The maximum Gasteiger partial charge on any atom is 0.414 e. The molecule has 0 radical (unpaired) electrons. The number of benzene rings is 1. The van der Waals surface area contributed by atoms with Gasteiger partial charge in [0.05, 0.1) is 0 Å². The molecular weight excluding hydrogens is 372 g/mol. The maximum absolute atomic E-state index is 12.5. The van der Waals surface area contributed by atoms with Crippen LogP contribution in [0.4, 0.5) is 0 Å². The molecule has 2 aliphatic rings. The van der Waals surface area contributed by atoms with Crippen LogP contribution in [0.3, 0.4) is 0 Å². The fourth-order valence-electron chi connectivity index (χ4n) is 3.54. The second kappa shape index (κ2) is 10.3. The van der Waals surface area contributed by atoms with Gasteiger partial charge < -0.3 is 15.1 Å². The van der Waals surface area contributed by atoms with Gasteiger partial charge in [0.15, 0.2) is 0 Å². The highest BCUT2D eigenvalue weighted by Gasteiger charge is 2.27. The third-order valence-electron chi connectivity index (χ3n) is 4.95. The molecule has 1 saturated heterocycles. The number of aliphatic carboxylic acids is 2. The summed E-state index contributed by atoms with van der Waals surface area (Å²) >= 11 is 5.97. The van der Waals surface area contributed by atoms with Gasteiger partial charge in [-0.25, -0.2) is 9.59 Å². The molecule has 27 heavy (non-hydrogen) atoms. The first kappa shape index (κ1) is 21.2. The molecule has 7 nitrogen and oxygen atoms in total. The SMILES string of the molecule is O=C(O)C(=O)O.O=C(c1cccc(Cl)c1)N1CCN(C2CCCCC2)CC1. The number of hydrogen-bond donors (Lipinski definition) is 2. The molecule has 2 fully saturated rings. The first-order valence-corrected chi connectivity index (χ1v) is 9.51. The van der Waals surface area contributed by atoms with Crippen molar-refractivity contribution in [3.63, 3.8) is 0 Å². The molecule has 1 saturated carbocycles. The fraction of sp³-hybridized carbons (Fsp3) is 0.526. The highest BCUT2D eigenvalue weighted by Crippen LogP contribution is 2.24. The summed E-state index contributed by atoms with van der Waals surface area (Å²) in [5.41, 5.74) is 0.702. The molecule has 3 rings (SSSR count). The zero-order valence-corrected chi connectivity index (χ0v) is 15.9. The van der Waals surface area contributed by atoms with Crippen LogP contribution in [0.2, 0.25) is 5.02 Å². The van der Waals surface area contributed by atoms with Crippen molar-refractivity contribution in [2.24, 2.45) is 0 Å². The smallest absolute Gasteiger partial charge is 0.414 e. The zero-order chi connectivity index (χ0) is 19.8. The van der Waals surface area contributed by atoms with Gasteiger partial charge in [-0.1, -0.05) is 36.9 Å². The van der Waals surface area contributed by atoms with Crippen molar-refractivity contribution in [1.82, 2.24) is 9.80 Å². The Morgan fingerprint density at radius 3 is 2.04 bits per heavy atom. The summed E-state index contributed by atoms with van der Waals surface area (Å²) in [6, 6.07) is 8.01. The van der Waals surface area contributed by atoms with Crippen molar-refractivity contribution >= 4 is 29.4 Å². The van der Waals surface area contributed by atoms with Crippen molar-refractivity contribution in [3.05, 3.63) is 34.9 Å². The van der Waals surface area contributed by atoms with Gasteiger partial charge in [-0.3, -0.25) is 9.69 Å². The molecule has 1 aliphatic carbocycles. The first-order valence-electron chi connectivity index (χ1n) is 9.13. The summed E-state index contributed by atoms with van der Waals surface area (Å²) < 4.78 is 0. The van der Waals surface area contributed by atoms with Gasteiger partial charge in [0.25, 0.3) is 5.91 Å². The summed E-state index contributed by atoms with van der Waals surface area (Å²) in [7, 11) is 0. The summed E-state index contributed by atoms with van der Waals surface area (Å²) in [6.45, 7) is 3.69. The lowest BCUT2D eigenvalue weighted by atomic mass is 9.94. The molecule has 0 aromatic heterocycles. The number of halogens is 1. The van der Waals surface area contributed by atoms with Gasteiger partial charge in [0.1, 0.15) is 0 Å². The maximum atomic E-state index is 12.5. The molecule has 1 heterocycles. The number of hydrogen-bond acceptors (Lipinski definition) is 4. The topological polar surface area (TPSA) is 98.1 Å². The van der Waals surface area contributed by atoms with Crippen LogP contribution < -0.4 is 0 Å². The minimum Gasteiger partial charge on any atom is -0.473 e. The molecule has 2 N–H and O–H groups in total. The summed E-state index contributed by atoms with van der Waals surface area (Å²) in [4.78, 5) is 35.2. The Bertz CT molecular complexity index is 656. The first-order chi connectivity index (χ1) is 12.9.